The predicted octanol–water partition coefficient (Wildman–Crippen LogP) is 0.0981. The summed E-state index contributed by atoms with van der Waals surface area (Å²) in [4.78, 5) is 46.2. The van der Waals surface area contributed by atoms with E-state index in [0.29, 0.717) is 0 Å². The molecule has 0 bridgehead atoms. The standard InChI is InChI=1S/C6H15O9P3/c1-6(15-16,2-4(7)8)3-5(17(9,10)11)18(12,13)14/h5H,2-3,16H2,1H3,(H,7,8)(H2,9,10,11)(H2,12,13,14). The van der Waals surface area contributed by atoms with Crippen molar-refractivity contribution in [2.75, 3.05) is 0 Å². The van der Waals surface area contributed by atoms with Crippen LogP contribution in [0.5, 0.6) is 0 Å². The third kappa shape index (κ3) is 5.87. The maximum atomic E-state index is 11.0. The molecular weight excluding hydrogens is 309 g/mol. The zero-order valence-corrected chi connectivity index (χ0v) is 12.3. The van der Waals surface area contributed by atoms with Gasteiger partial charge in [-0.15, -0.1) is 0 Å². The minimum Gasteiger partial charge on any atom is -0.481 e. The number of aliphatic carboxylic acids is 1. The molecule has 0 rings (SSSR count). The molecule has 0 aliphatic rings. The summed E-state index contributed by atoms with van der Waals surface area (Å²) < 4.78 is 26.8. The molecule has 0 spiro atoms. The van der Waals surface area contributed by atoms with Crippen molar-refractivity contribution in [3.8, 4) is 0 Å². The number of carboxylic acids is 1. The Balaban J connectivity index is 5.26. The van der Waals surface area contributed by atoms with Crippen LogP contribution in [0.15, 0.2) is 0 Å². The number of rotatable bonds is 7. The first-order valence-electron chi connectivity index (χ1n) is 4.52. The van der Waals surface area contributed by atoms with E-state index in [2.05, 4.69) is 0 Å². The van der Waals surface area contributed by atoms with Crippen molar-refractivity contribution < 1.29 is 43.1 Å². The molecule has 18 heavy (non-hydrogen) atoms. The minimum atomic E-state index is -5.10. The van der Waals surface area contributed by atoms with Gasteiger partial charge in [-0.1, -0.05) is 0 Å². The number of carbonyl (C=O) groups is 1. The quantitative estimate of drug-likeness (QED) is 0.409. The predicted molar refractivity (Wildman–Crippen MR) is 63.9 cm³/mol. The van der Waals surface area contributed by atoms with Gasteiger partial charge in [0.25, 0.3) is 0 Å². The van der Waals surface area contributed by atoms with Gasteiger partial charge in [0, 0.05) is 15.9 Å². The molecule has 0 amide bonds. The van der Waals surface area contributed by atoms with Gasteiger partial charge in [-0.05, 0) is 6.92 Å². The maximum absolute atomic E-state index is 11.0. The molecule has 0 fully saturated rings. The van der Waals surface area contributed by atoms with Crippen LogP contribution >= 0.6 is 24.7 Å². The second-order valence-corrected chi connectivity index (χ2v) is 8.25. The van der Waals surface area contributed by atoms with Gasteiger partial charge in [-0.3, -0.25) is 13.9 Å². The smallest absolute Gasteiger partial charge is 0.340 e. The SMILES string of the molecule is CC(CC(=O)O)(CC(P(=O)(O)O)P(=O)(O)O)OP. The van der Waals surface area contributed by atoms with E-state index in [4.69, 9.17) is 29.2 Å². The molecule has 0 saturated carbocycles. The summed E-state index contributed by atoms with van der Waals surface area (Å²) in [6.45, 7) is 1.19. The topological polar surface area (TPSA) is 162 Å². The Morgan fingerprint density at radius 2 is 1.67 bits per heavy atom. The van der Waals surface area contributed by atoms with Crippen LogP contribution in [0.1, 0.15) is 19.8 Å². The Morgan fingerprint density at radius 1 is 1.28 bits per heavy atom. The van der Waals surface area contributed by atoms with Crippen LogP contribution in [0.4, 0.5) is 0 Å². The molecule has 0 saturated heterocycles. The Morgan fingerprint density at radius 3 is 1.89 bits per heavy atom. The van der Waals surface area contributed by atoms with Crippen molar-refractivity contribution in [3.63, 3.8) is 0 Å². The molecule has 12 heteroatoms. The van der Waals surface area contributed by atoms with E-state index >= 15 is 0 Å². The number of hydrogen-bond acceptors (Lipinski definition) is 4. The van der Waals surface area contributed by atoms with Crippen LogP contribution < -0.4 is 0 Å². The molecular formula is C6H15O9P3. The van der Waals surface area contributed by atoms with Crippen LogP contribution in [0.25, 0.3) is 0 Å². The zero-order valence-electron chi connectivity index (χ0n) is 9.33. The van der Waals surface area contributed by atoms with Gasteiger partial charge < -0.3 is 29.2 Å². The van der Waals surface area contributed by atoms with E-state index in [1.54, 1.807) is 9.47 Å². The van der Waals surface area contributed by atoms with Crippen LogP contribution in [0.3, 0.4) is 0 Å². The lowest BCUT2D eigenvalue weighted by atomic mass is 9.99. The third-order valence-electron chi connectivity index (χ3n) is 2.20. The van der Waals surface area contributed by atoms with Gasteiger partial charge in [-0.25, -0.2) is 0 Å². The summed E-state index contributed by atoms with van der Waals surface area (Å²) in [6, 6.07) is 0. The lowest BCUT2D eigenvalue weighted by Gasteiger charge is -2.31. The zero-order chi connectivity index (χ0) is 14.8. The van der Waals surface area contributed by atoms with Crippen LogP contribution in [-0.4, -0.2) is 41.7 Å². The highest BCUT2D eigenvalue weighted by Crippen LogP contribution is 2.62. The van der Waals surface area contributed by atoms with E-state index in [1.165, 1.54) is 6.92 Å². The van der Waals surface area contributed by atoms with Crippen molar-refractivity contribution in [2.24, 2.45) is 0 Å². The van der Waals surface area contributed by atoms with Gasteiger partial charge in [0.05, 0.1) is 12.0 Å². The Kier molecular flexibility index (Phi) is 6.13. The average molecular weight is 324 g/mol. The fourth-order valence-corrected chi connectivity index (χ4v) is 4.30. The van der Waals surface area contributed by atoms with Crippen LogP contribution in [0, 0.1) is 0 Å². The molecule has 2 atom stereocenters. The Hall–Kier alpha value is 0.160. The molecule has 0 heterocycles. The van der Waals surface area contributed by atoms with E-state index in [1.807, 2.05) is 0 Å². The van der Waals surface area contributed by atoms with Gasteiger partial charge in [0.2, 0.25) is 0 Å². The van der Waals surface area contributed by atoms with Gasteiger partial charge in [0.1, 0.15) is 0 Å². The second kappa shape index (κ2) is 6.07. The fourth-order valence-electron chi connectivity index (χ4n) is 1.30. The molecule has 0 aromatic heterocycles. The summed E-state index contributed by atoms with van der Waals surface area (Å²) in [7, 11) is -8.47. The van der Waals surface area contributed by atoms with E-state index in [9.17, 15) is 13.9 Å². The largest absolute Gasteiger partial charge is 0.481 e. The Labute approximate surface area is 105 Å². The van der Waals surface area contributed by atoms with Crippen molar-refractivity contribution in [1.82, 2.24) is 0 Å². The van der Waals surface area contributed by atoms with E-state index in [0.717, 1.165) is 0 Å². The fraction of sp³-hybridized carbons (Fsp3) is 0.833. The molecule has 9 nitrogen and oxygen atoms in total. The summed E-state index contributed by atoms with van der Waals surface area (Å²) in [5, 5.41) is 6.32. The second-order valence-electron chi connectivity index (χ2n) is 4.00. The van der Waals surface area contributed by atoms with Gasteiger partial charge >= 0.3 is 21.2 Å². The molecule has 0 aromatic carbocycles. The van der Waals surface area contributed by atoms with E-state index in [-0.39, 0.29) is 0 Å². The average Bonchev–Trinajstić information content (AvgIpc) is 2.09. The Bertz CT molecular complexity index is 375. The summed E-state index contributed by atoms with van der Waals surface area (Å²) in [5.41, 5.74) is -1.62. The number of hydrogen-bond donors (Lipinski definition) is 5. The van der Waals surface area contributed by atoms with Crippen molar-refractivity contribution >= 4 is 30.6 Å². The molecule has 0 aliphatic carbocycles. The molecule has 108 valence electrons. The first-order chi connectivity index (χ1) is 7.82. The first kappa shape index (κ1) is 18.2. The maximum Gasteiger partial charge on any atom is 0.340 e. The molecule has 0 radical (unpaired) electrons. The lowest BCUT2D eigenvalue weighted by Crippen LogP contribution is -2.33. The van der Waals surface area contributed by atoms with Gasteiger partial charge in [0.15, 0.2) is 5.40 Å². The highest BCUT2D eigenvalue weighted by atomic mass is 31.2. The van der Waals surface area contributed by atoms with Crippen LogP contribution in [-0.2, 0) is 18.4 Å². The van der Waals surface area contributed by atoms with Crippen molar-refractivity contribution in [2.45, 2.75) is 30.8 Å². The van der Waals surface area contributed by atoms with Crippen molar-refractivity contribution in [1.29, 1.82) is 0 Å². The van der Waals surface area contributed by atoms with Crippen LogP contribution in [0.2, 0.25) is 0 Å². The summed E-state index contributed by atoms with van der Waals surface area (Å²) >= 11 is 0. The molecule has 5 N–H and O–H groups in total. The third-order valence-corrected chi connectivity index (χ3v) is 6.49. The lowest BCUT2D eigenvalue weighted by molar-refractivity contribution is -0.140. The molecule has 0 aliphatic heterocycles. The van der Waals surface area contributed by atoms with E-state index < -0.39 is 45.0 Å². The van der Waals surface area contributed by atoms with Gasteiger partial charge in [-0.2, -0.15) is 0 Å². The first-order valence-corrected chi connectivity index (χ1v) is 8.35. The van der Waals surface area contributed by atoms with Crippen molar-refractivity contribution in [3.05, 3.63) is 0 Å². The normalized spacial score (nSPS) is 16.6. The summed E-state index contributed by atoms with van der Waals surface area (Å²) in [5.74, 6) is -1.32. The highest BCUT2D eigenvalue weighted by Gasteiger charge is 2.48. The molecule has 2 unspecified atom stereocenters. The summed E-state index contributed by atoms with van der Waals surface area (Å²) in [6.07, 6.45) is -1.45. The highest BCUT2D eigenvalue weighted by molar-refractivity contribution is 7.70. The minimum absolute atomic E-state index is 0.660. The monoisotopic (exact) mass is 324 g/mol. The molecule has 0 aromatic rings. The number of carboxylic acid groups (broad SMARTS) is 1.